The van der Waals surface area contributed by atoms with Crippen molar-refractivity contribution in [1.29, 1.82) is 0 Å². The Bertz CT molecular complexity index is 735. The average Bonchev–Trinajstić information content (AvgIpc) is 2.62. The van der Waals surface area contributed by atoms with Crippen LogP contribution >= 0.6 is 11.9 Å². The first-order valence-electron chi connectivity index (χ1n) is 7.95. The van der Waals surface area contributed by atoms with Gasteiger partial charge in [0, 0.05) is 19.8 Å². The van der Waals surface area contributed by atoms with Gasteiger partial charge in [-0.15, -0.1) is 0 Å². The summed E-state index contributed by atoms with van der Waals surface area (Å²) in [5.74, 6) is -1.02. The molecular formula is C19H21NO5S. The van der Waals surface area contributed by atoms with Gasteiger partial charge >= 0.3 is 5.97 Å². The smallest absolute Gasteiger partial charge is 0.330 e. The first-order valence-corrected chi connectivity index (χ1v) is 8.89. The summed E-state index contributed by atoms with van der Waals surface area (Å²) in [6, 6.07) is 14.3. The van der Waals surface area contributed by atoms with Crippen LogP contribution < -0.4 is 0 Å². The Morgan fingerprint density at radius 2 is 1.73 bits per heavy atom. The molecule has 6 nitrogen and oxygen atoms in total. The van der Waals surface area contributed by atoms with E-state index in [4.69, 9.17) is 4.74 Å². The van der Waals surface area contributed by atoms with Crippen molar-refractivity contribution in [2.24, 2.45) is 0 Å². The van der Waals surface area contributed by atoms with E-state index in [2.05, 4.69) is 0 Å². The minimum atomic E-state index is -1.21. The number of nitrogens with zero attached hydrogens (tertiary/aromatic N) is 1. The summed E-state index contributed by atoms with van der Waals surface area (Å²) >= 11 is 1.13. The highest BCUT2D eigenvalue weighted by molar-refractivity contribution is 7.96. The predicted molar refractivity (Wildman–Crippen MR) is 99.5 cm³/mol. The Morgan fingerprint density at radius 1 is 1.12 bits per heavy atom. The van der Waals surface area contributed by atoms with Crippen molar-refractivity contribution < 1.29 is 24.5 Å². The summed E-state index contributed by atoms with van der Waals surface area (Å²) in [5.41, 5.74) is 1.54. The van der Waals surface area contributed by atoms with Crippen molar-refractivity contribution in [2.45, 2.75) is 24.8 Å². The molecule has 138 valence electrons. The van der Waals surface area contributed by atoms with Gasteiger partial charge in [-0.3, -0.25) is 9.10 Å². The number of hydrogen-bond acceptors (Lipinski definition) is 5. The van der Waals surface area contributed by atoms with Crippen LogP contribution in [0.1, 0.15) is 24.2 Å². The van der Waals surface area contributed by atoms with Gasteiger partial charge in [0.2, 0.25) is 5.91 Å². The van der Waals surface area contributed by atoms with Crippen LogP contribution in [0.3, 0.4) is 0 Å². The number of benzene rings is 2. The molecule has 0 heterocycles. The Kier molecular flexibility index (Phi) is 7.06. The fourth-order valence-electron chi connectivity index (χ4n) is 2.55. The molecule has 0 aliphatic carbocycles. The van der Waals surface area contributed by atoms with Crippen LogP contribution in [0.5, 0.6) is 5.75 Å². The van der Waals surface area contributed by atoms with E-state index in [1.165, 1.54) is 30.5 Å². The normalized spacial score (nSPS) is 13.0. The number of methoxy groups -OCH3 is 1. The van der Waals surface area contributed by atoms with Crippen LogP contribution in [0.25, 0.3) is 0 Å². The molecule has 0 fully saturated rings. The molecule has 2 aromatic carbocycles. The summed E-state index contributed by atoms with van der Waals surface area (Å²) in [6.07, 6.45) is -0.875. The van der Waals surface area contributed by atoms with Gasteiger partial charge in [0.25, 0.3) is 0 Å². The largest absolute Gasteiger partial charge is 0.508 e. The molecule has 0 saturated carbocycles. The van der Waals surface area contributed by atoms with Crippen LogP contribution in [-0.4, -0.2) is 39.5 Å². The van der Waals surface area contributed by atoms with Gasteiger partial charge in [0.1, 0.15) is 11.9 Å². The SMILES string of the molecule is COC(c1ccc(O)cc1)C(C(=O)O)N(SCc1ccccc1)C(C)=O. The Hall–Kier alpha value is -2.51. The maximum atomic E-state index is 12.2. The lowest BCUT2D eigenvalue weighted by molar-refractivity contribution is -0.150. The third-order valence-corrected chi connectivity index (χ3v) is 5.02. The lowest BCUT2D eigenvalue weighted by Gasteiger charge is -2.32. The van der Waals surface area contributed by atoms with Gasteiger partial charge in [-0.2, -0.15) is 0 Å². The summed E-state index contributed by atoms with van der Waals surface area (Å²) in [4.78, 5) is 24.1. The summed E-state index contributed by atoms with van der Waals surface area (Å²) in [6.45, 7) is 1.33. The van der Waals surface area contributed by atoms with E-state index in [0.29, 0.717) is 11.3 Å². The minimum Gasteiger partial charge on any atom is -0.508 e. The number of carbonyl (C=O) groups excluding carboxylic acids is 1. The number of amides is 1. The Balaban J connectivity index is 2.28. The van der Waals surface area contributed by atoms with Gasteiger partial charge in [0.05, 0.1) is 0 Å². The van der Waals surface area contributed by atoms with Crippen molar-refractivity contribution in [3.8, 4) is 5.75 Å². The number of carbonyl (C=O) groups is 2. The number of phenols is 1. The standard InChI is InChI=1S/C19H21NO5S/c1-13(21)20(26-12-14-6-4-3-5-7-14)17(19(23)24)18(25-2)15-8-10-16(22)11-9-15/h3-11,17-18,22H,12H2,1-2H3,(H,23,24). The van der Waals surface area contributed by atoms with Crippen LogP contribution in [0.2, 0.25) is 0 Å². The molecule has 2 atom stereocenters. The van der Waals surface area contributed by atoms with E-state index in [1.807, 2.05) is 30.3 Å². The van der Waals surface area contributed by atoms with E-state index in [0.717, 1.165) is 17.5 Å². The van der Waals surface area contributed by atoms with Gasteiger partial charge in [-0.05, 0) is 35.2 Å². The molecule has 2 rings (SSSR count). The molecule has 7 heteroatoms. The molecule has 0 radical (unpaired) electrons. The second-order valence-corrected chi connectivity index (χ2v) is 6.58. The number of aromatic hydroxyl groups is 1. The maximum Gasteiger partial charge on any atom is 0.330 e. The molecule has 0 spiro atoms. The molecule has 0 aliphatic rings. The molecule has 0 aromatic heterocycles. The number of rotatable bonds is 8. The highest BCUT2D eigenvalue weighted by Crippen LogP contribution is 2.31. The quantitative estimate of drug-likeness (QED) is 0.689. The third-order valence-electron chi connectivity index (χ3n) is 3.79. The van der Waals surface area contributed by atoms with Gasteiger partial charge in [-0.25, -0.2) is 4.79 Å². The van der Waals surface area contributed by atoms with Crippen LogP contribution in [0.4, 0.5) is 0 Å². The number of carboxylic acids is 1. The lowest BCUT2D eigenvalue weighted by atomic mass is 10.0. The fraction of sp³-hybridized carbons (Fsp3) is 0.263. The highest BCUT2D eigenvalue weighted by Gasteiger charge is 2.37. The molecule has 1 amide bonds. The Morgan fingerprint density at radius 3 is 2.23 bits per heavy atom. The monoisotopic (exact) mass is 375 g/mol. The molecular weight excluding hydrogens is 354 g/mol. The zero-order chi connectivity index (χ0) is 19.1. The van der Waals surface area contributed by atoms with E-state index >= 15 is 0 Å². The zero-order valence-corrected chi connectivity index (χ0v) is 15.3. The maximum absolute atomic E-state index is 12.2. The predicted octanol–water partition coefficient (Wildman–Crippen LogP) is 3.23. The minimum absolute atomic E-state index is 0.0670. The number of carboxylic acid groups (broad SMARTS) is 1. The van der Waals surface area contributed by atoms with Gasteiger partial charge in [0.15, 0.2) is 6.04 Å². The van der Waals surface area contributed by atoms with Gasteiger partial charge < -0.3 is 14.9 Å². The van der Waals surface area contributed by atoms with E-state index in [1.54, 1.807) is 12.1 Å². The van der Waals surface area contributed by atoms with Crippen molar-refractivity contribution in [3.63, 3.8) is 0 Å². The van der Waals surface area contributed by atoms with Gasteiger partial charge in [-0.1, -0.05) is 42.5 Å². The summed E-state index contributed by atoms with van der Waals surface area (Å²) < 4.78 is 6.65. The van der Waals surface area contributed by atoms with Crippen molar-refractivity contribution in [3.05, 3.63) is 65.7 Å². The topological polar surface area (TPSA) is 87.1 Å². The number of hydrogen-bond donors (Lipinski definition) is 2. The summed E-state index contributed by atoms with van der Waals surface area (Å²) in [7, 11) is 1.40. The number of aliphatic carboxylic acids is 1. The second kappa shape index (κ2) is 9.26. The van der Waals surface area contributed by atoms with E-state index < -0.39 is 18.1 Å². The lowest BCUT2D eigenvalue weighted by Crippen LogP contribution is -2.44. The van der Waals surface area contributed by atoms with Crippen LogP contribution in [-0.2, 0) is 20.1 Å². The third kappa shape index (κ3) is 5.00. The van der Waals surface area contributed by atoms with Crippen molar-refractivity contribution >= 4 is 23.8 Å². The molecule has 0 aliphatic heterocycles. The van der Waals surface area contributed by atoms with Crippen LogP contribution in [0, 0.1) is 0 Å². The van der Waals surface area contributed by atoms with Crippen molar-refractivity contribution in [1.82, 2.24) is 4.31 Å². The molecule has 0 saturated heterocycles. The number of ether oxygens (including phenoxy) is 1. The fourth-order valence-corrected chi connectivity index (χ4v) is 3.57. The zero-order valence-electron chi connectivity index (χ0n) is 14.5. The van der Waals surface area contributed by atoms with Crippen LogP contribution in [0.15, 0.2) is 54.6 Å². The Labute approximate surface area is 156 Å². The molecule has 2 aromatic rings. The average molecular weight is 375 g/mol. The molecule has 2 unspecified atom stereocenters. The van der Waals surface area contributed by atoms with Crippen molar-refractivity contribution in [2.75, 3.05) is 7.11 Å². The first kappa shape index (κ1) is 19.8. The number of phenolic OH excluding ortho intramolecular Hbond substituents is 1. The van der Waals surface area contributed by atoms with E-state index in [-0.39, 0.29) is 11.7 Å². The molecule has 2 N–H and O–H groups in total. The van der Waals surface area contributed by atoms with E-state index in [9.17, 15) is 19.8 Å². The second-order valence-electron chi connectivity index (χ2n) is 5.63. The summed E-state index contributed by atoms with van der Waals surface area (Å²) in [5, 5.41) is 19.2. The highest BCUT2D eigenvalue weighted by atomic mass is 32.2. The molecule has 0 bridgehead atoms. The molecule has 26 heavy (non-hydrogen) atoms. The first-order chi connectivity index (χ1) is 12.4.